The minimum absolute atomic E-state index is 0.0672. The summed E-state index contributed by atoms with van der Waals surface area (Å²) in [6.45, 7) is 7.74. The molecule has 2 amide bonds. The maximum absolute atomic E-state index is 13.5. The molecule has 168 valence electrons. The first-order valence-corrected chi connectivity index (χ1v) is 11.3. The molecule has 0 N–H and O–H groups in total. The van der Waals surface area contributed by atoms with Crippen molar-refractivity contribution in [1.29, 1.82) is 0 Å². The van der Waals surface area contributed by atoms with Crippen LogP contribution in [-0.2, 0) is 11.2 Å². The van der Waals surface area contributed by atoms with Crippen LogP contribution in [0.25, 0.3) is 11.1 Å². The fourth-order valence-electron chi connectivity index (χ4n) is 4.37. The summed E-state index contributed by atoms with van der Waals surface area (Å²) in [5.41, 5.74) is 5.16. The van der Waals surface area contributed by atoms with Crippen LogP contribution in [0.15, 0.2) is 85.7 Å². The smallest absolute Gasteiger partial charge is 0.254 e. The molecule has 5 heteroatoms. The van der Waals surface area contributed by atoms with Crippen LogP contribution in [0.3, 0.4) is 0 Å². The Labute approximate surface area is 195 Å². The number of amides is 2. The number of carbonyl (C=O) groups is 2. The molecule has 0 radical (unpaired) electrons. The van der Waals surface area contributed by atoms with E-state index in [1.807, 2.05) is 17.0 Å². The van der Waals surface area contributed by atoms with Gasteiger partial charge in [0.25, 0.3) is 5.91 Å². The lowest BCUT2D eigenvalue weighted by Gasteiger charge is -2.24. The Morgan fingerprint density at radius 2 is 1.79 bits per heavy atom. The summed E-state index contributed by atoms with van der Waals surface area (Å²) < 4.78 is 0. The van der Waals surface area contributed by atoms with Crippen LogP contribution in [0.2, 0.25) is 0 Å². The average Bonchev–Trinajstić information content (AvgIpc) is 3.00. The molecule has 1 aliphatic rings. The van der Waals surface area contributed by atoms with Crippen LogP contribution < -0.4 is 0 Å². The summed E-state index contributed by atoms with van der Waals surface area (Å²) in [7, 11) is 0. The third-order valence-corrected chi connectivity index (χ3v) is 6.15. The zero-order chi connectivity index (χ0) is 23.2. The summed E-state index contributed by atoms with van der Waals surface area (Å²) in [6, 6.07) is 20.1. The van der Waals surface area contributed by atoms with Gasteiger partial charge in [-0.15, -0.1) is 6.58 Å². The Morgan fingerprint density at radius 3 is 2.52 bits per heavy atom. The van der Waals surface area contributed by atoms with E-state index in [1.165, 1.54) is 5.56 Å². The molecule has 3 aromatic rings. The average molecular weight is 440 g/mol. The van der Waals surface area contributed by atoms with Crippen molar-refractivity contribution >= 4 is 11.8 Å². The SMILES string of the molecule is C=CCN1CCN(C(=O)c2ccncc2)C[C@H](Cc2ccccc2-c2ccc(C)cc2)C1=O. The van der Waals surface area contributed by atoms with Gasteiger partial charge >= 0.3 is 0 Å². The molecule has 0 spiro atoms. The van der Waals surface area contributed by atoms with Crippen LogP contribution in [-0.4, -0.2) is 52.8 Å². The van der Waals surface area contributed by atoms with Crippen LogP contribution in [0.4, 0.5) is 0 Å². The molecule has 1 fully saturated rings. The van der Waals surface area contributed by atoms with Gasteiger partial charge in [-0.05, 0) is 42.2 Å². The van der Waals surface area contributed by atoms with Crippen LogP contribution >= 0.6 is 0 Å². The van der Waals surface area contributed by atoms with E-state index in [1.54, 1.807) is 35.5 Å². The summed E-state index contributed by atoms with van der Waals surface area (Å²) in [6.07, 6.45) is 5.55. The highest BCUT2D eigenvalue weighted by atomic mass is 16.2. The second-order valence-corrected chi connectivity index (χ2v) is 8.48. The van der Waals surface area contributed by atoms with E-state index < -0.39 is 0 Å². The Bertz CT molecular complexity index is 1130. The molecule has 1 aliphatic heterocycles. The zero-order valence-corrected chi connectivity index (χ0v) is 19.0. The number of hydrogen-bond acceptors (Lipinski definition) is 3. The second kappa shape index (κ2) is 10.3. The highest BCUT2D eigenvalue weighted by Gasteiger charge is 2.32. The Kier molecular flexibility index (Phi) is 6.98. The lowest BCUT2D eigenvalue weighted by Crippen LogP contribution is -2.38. The minimum atomic E-state index is -0.329. The standard InChI is InChI=1S/C28H29N3O2/c1-3-16-30-17-18-31(27(32)23-12-14-29-15-13-23)20-25(28(30)33)19-24-6-4-5-7-26(24)22-10-8-21(2)9-11-22/h3-15,25H,1,16-20H2,2H3/t25-/m0/s1. The largest absolute Gasteiger partial charge is 0.337 e. The molecule has 0 bridgehead atoms. The number of rotatable bonds is 6. The number of carbonyl (C=O) groups excluding carboxylic acids is 2. The zero-order valence-electron chi connectivity index (χ0n) is 19.0. The number of aryl methyl sites for hydroxylation is 1. The predicted molar refractivity (Wildman–Crippen MR) is 131 cm³/mol. The highest BCUT2D eigenvalue weighted by Crippen LogP contribution is 2.28. The normalized spacial score (nSPS) is 16.4. The van der Waals surface area contributed by atoms with E-state index in [4.69, 9.17) is 0 Å². The van der Waals surface area contributed by atoms with Gasteiger partial charge in [0.05, 0.1) is 5.92 Å². The van der Waals surface area contributed by atoms with Crippen molar-refractivity contribution in [2.45, 2.75) is 13.3 Å². The third-order valence-electron chi connectivity index (χ3n) is 6.15. The summed E-state index contributed by atoms with van der Waals surface area (Å²) in [5, 5.41) is 0. The molecule has 1 saturated heterocycles. The maximum Gasteiger partial charge on any atom is 0.254 e. The Morgan fingerprint density at radius 1 is 1.06 bits per heavy atom. The molecular formula is C28H29N3O2. The fourth-order valence-corrected chi connectivity index (χ4v) is 4.37. The number of hydrogen-bond donors (Lipinski definition) is 0. The predicted octanol–water partition coefficient (Wildman–Crippen LogP) is 4.39. The van der Waals surface area contributed by atoms with Gasteiger partial charge < -0.3 is 9.80 Å². The number of aromatic nitrogens is 1. The molecule has 4 rings (SSSR count). The van der Waals surface area contributed by atoms with Crippen LogP contribution in [0.5, 0.6) is 0 Å². The monoisotopic (exact) mass is 439 g/mol. The van der Waals surface area contributed by atoms with E-state index >= 15 is 0 Å². The van der Waals surface area contributed by atoms with Crippen molar-refractivity contribution in [3.05, 3.63) is 102 Å². The first-order valence-electron chi connectivity index (χ1n) is 11.3. The van der Waals surface area contributed by atoms with Gasteiger partial charge in [0, 0.05) is 44.1 Å². The van der Waals surface area contributed by atoms with Crippen molar-refractivity contribution in [1.82, 2.24) is 14.8 Å². The quantitative estimate of drug-likeness (QED) is 0.536. The van der Waals surface area contributed by atoms with Crippen molar-refractivity contribution in [3.63, 3.8) is 0 Å². The highest BCUT2D eigenvalue weighted by molar-refractivity contribution is 5.94. The number of nitrogens with zero attached hydrogens (tertiary/aromatic N) is 3. The molecule has 0 saturated carbocycles. The van der Waals surface area contributed by atoms with Gasteiger partial charge in [-0.1, -0.05) is 60.2 Å². The van der Waals surface area contributed by atoms with Crippen LogP contribution in [0, 0.1) is 12.8 Å². The third kappa shape index (κ3) is 5.20. The Hall–Kier alpha value is -3.73. The number of pyridine rings is 1. The van der Waals surface area contributed by atoms with Gasteiger partial charge in [0.1, 0.15) is 0 Å². The summed E-state index contributed by atoms with van der Waals surface area (Å²) >= 11 is 0. The van der Waals surface area contributed by atoms with E-state index in [9.17, 15) is 9.59 Å². The van der Waals surface area contributed by atoms with E-state index in [2.05, 4.69) is 54.9 Å². The molecule has 2 aromatic carbocycles. The lowest BCUT2D eigenvalue weighted by molar-refractivity contribution is -0.134. The summed E-state index contributed by atoms with van der Waals surface area (Å²) in [4.78, 5) is 34.3. The first kappa shape index (κ1) is 22.5. The molecule has 1 atom stereocenters. The second-order valence-electron chi connectivity index (χ2n) is 8.48. The lowest BCUT2D eigenvalue weighted by atomic mass is 9.91. The van der Waals surface area contributed by atoms with Crippen molar-refractivity contribution in [2.24, 2.45) is 5.92 Å². The van der Waals surface area contributed by atoms with Crippen molar-refractivity contribution in [3.8, 4) is 11.1 Å². The molecule has 1 aromatic heterocycles. The van der Waals surface area contributed by atoms with Crippen LogP contribution in [0.1, 0.15) is 21.5 Å². The molecule has 5 nitrogen and oxygen atoms in total. The van der Waals surface area contributed by atoms with Gasteiger partial charge in [-0.2, -0.15) is 0 Å². The van der Waals surface area contributed by atoms with Gasteiger partial charge in [0.15, 0.2) is 0 Å². The van der Waals surface area contributed by atoms with Crippen molar-refractivity contribution < 1.29 is 9.59 Å². The maximum atomic E-state index is 13.5. The first-order chi connectivity index (χ1) is 16.1. The number of benzene rings is 2. The molecule has 0 aliphatic carbocycles. The molecule has 2 heterocycles. The van der Waals surface area contributed by atoms with E-state index in [0.29, 0.717) is 38.2 Å². The van der Waals surface area contributed by atoms with Gasteiger partial charge in [-0.3, -0.25) is 14.6 Å². The fraction of sp³-hybridized carbons (Fsp3) is 0.250. The molecular weight excluding hydrogens is 410 g/mol. The Balaban J connectivity index is 1.64. The molecule has 33 heavy (non-hydrogen) atoms. The topological polar surface area (TPSA) is 53.5 Å². The van der Waals surface area contributed by atoms with E-state index in [-0.39, 0.29) is 17.7 Å². The van der Waals surface area contributed by atoms with Crippen molar-refractivity contribution in [2.75, 3.05) is 26.2 Å². The van der Waals surface area contributed by atoms with Gasteiger partial charge in [-0.25, -0.2) is 0 Å². The minimum Gasteiger partial charge on any atom is -0.337 e. The van der Waals surface area contributed by atoms with Gasteiger partial charge in [0.2, 0.25) is 5.91 Å². The molecule has 0 unspecified atom stereocenters. The summed E-state index contributed by atoms with van der Waals surface area (Å²) in [5.74, 6) is -0.328. The van der Waals surface area contributed by atoms with E-state index in [0.717, 1.165) is 16.7 Å².